The van der Waals surface area contributed by atoms with Gasteiger partial charge in [-0.1, -0.05) is 0 Å². The van der Waals surface area contributed by atoms with Gasteiger partial charge in [-0.25, -0.2) is 4.98 Å². The first-order valence-electron chi connectivity index (χ1n) is 2.44. The van der Waals surface area contributed by atoms with Crippen molar-refractivity contribution in [1.82, 2.24) is 9.38 Å². The largest absolute Gasteiger partial charge is 0.285 e. The van der Waals surface area contributed by atoms with Gasteiger partial charge >= 0.3 is 0 Å². The van der Waals surface area contributed by atoms with Crippen LogP contribution in [0.3, 0.4) is 0 Å². The van der Waals surface area contributed by atoms with E-state index in [-0.39, 0.29) is 0 Å². The van der Waals surface area contributed by atoms with Crippen LogP contribution >= 0.6 is 27.3 Å². The lowest BCUT2D eigenvalue weighted by Gasteiger charge is -1.79. The molecule has 2 heterocycles. The molecule has 0 spiro atoms. The average molecular weight is 203 g/mol. The zero-order chi connectivity index (χ0) is 6.27. The first-order valence-corrected chi connectivity index (χ1v) is 4.11. The van der Waals surface area contributed by atoms with Crippen molar-refractivity contribution in [2.45, 2.75) is 0 Å². The molecule has 9 heavy (non-hydrogen) atoms. The van der Waals surface area contributed by atoms with Crippen LogP contribution in [0.15, 0.2) is 22.4 Å². The summed E-state index contributed by atoms with van der Waals surface area (Å²) in [5.41, 5.74) is 0. The number of thiazole rings is 1. The molecule has 0 fully saturated rings. The lowest BCUT2D eigenvalue weighted by molar-refractivity contribution is 1.19. The molecule has 2 aromatic heterocycles. The van der Waals surface area contributed by atoms with Crippen molar-refractivity contribution in [2.24, 2.45) is 0 Å². The molecule has 0 N–H and O–H groups in total. The molecule has 0 saturated carbocycles. The molecule has 0 aliphatic heterocycles. The Morgan fingerprint density at radius 2 is 2.56 bits per heavy atom. The third-order valence-corrected chi connectivity index (χ3v) is 2.46. The first kappa shape index (κ1) is 5.44. The molecular formula is C5H3BrN2S. The number of imidazole rings is 1. The summed E-state index contributed by atoms with van der Waals surface area (Å²) in [5, 5.41) is 2.01. The zero-order valence-electron chi connectivity index (χ0n) is 4.41. The Bertz CT molecular complexity index is 324. The van der Waals surface area contributed by atoms with Gasteiger partial charge in [0.1, 0.15) is 4.60 Å². The molecule has 0 aliphatic rings. The molecule has 0 aromatic carbocycles. The summed E-state index contributed by atoms with van der Waals surface area (Å²) < 4.78 is 3.00. The minimum absolute atomic E-state index is 1.01. The third kappa shape index (κ3) is 0.702. The van der Waals surface area contributed by atoms with Crippen molar-refractivity contribution in [2.75, 3.05) is 0 Å². The Morgan fingerprint density at radius 3 is 3.33 bits per heavy atom. The monoisotopic (exact) mass is 202 g/mol. The number of fused-ring (bicyclic) bond motifs is 1. The van der Waals surface area contributed by atoms with Gasteiger partial charge in [-0.3, -0.25) is 4.40 Å². The Kier molecular flexibility index (Phi) is 1.10. The average Bonchev–Trinajstić information content (AvgIpc) is 2.35. The predicted octanol–water partition coefficient (Wildman–Crippen LogP) is 2.16. The number of rotatable bonds is 0. The van der Waals surface area contributed by atoms with E-state index in [0.29, 0.717) is 0 Å². The van der Waals surface area contributed by atoms with E-state index in [1.165, 1.54) is 0 Å². The third-order valence-electron chi connectivity index (χ3n) is 1.10. The van der Waals surface area contributed by atoms with E-state index in [1.807, 2.05) is 16.0 Å². The smallest absolute Gasteiger partial charge is 0.194 e. The Labute approximate surface area is 64.3 Å². The van der Waals surface area contributed by atoms with Gasteiger partial charge in [-0.05, 0) is 15.9 Å². The van der Waals surface area contributed by atoms with Gasteiger partial charge in [0.2, 0.25) is 0 Å². The molecule has 4 heteroatoms. The molecule has 0 aliphatic carbocycles. The summed E-state index contributed by atoms with van der Waals surface area (Å²) in [6, 6.07) is 0. The molecule has 46 valence electrons. The van der Waals surface area contributed by atoms with Crippen LogP contribution in [0.1, 0.15) is 0 Å². The molecule has 0 atom stereocenters. The van der Waals surface area contributed by atoms with Crippen LogP contribution in [0, 0.1) is 0 Å². The Balaban J connectivity index is 2.99. The maximum atomic E-state index is 4.11. The van der Waals surface area contributed by atoms with Crippen LogP contribution in [-0.4, -0.2) is 9.38 Å². The molecule has 2 aromatic rings. The normalized spacial score (nSPS) is 10.8. The van der Waals surface area contributed by atoms with E-state index in [0.717, 1.165) is 9.56 Å². The quantitative estimate of drug-likeness (QED) is 0.641. The second kappa shape index (κ2) is 1.82. The SMILES string of the molecule is Brc1cnc2sccn12. The van der Waals surface area contributed by atoms with Crippen LogP contribution in [-0.2, 0) is 0 Å². The minimum Gasteiger partial charge on any atom is -0.285 e. The fraction of sp³-hybridized carbons (Fsp3) is 0. The van der Waals surface area contributed by atoms with Crippen LogP contribution < -0.4 is 0 Å². The van der Waals surface area contributed by atoms with E-state index in [4.69, 9.17) is 0 Å². The van der Waals surface area contributed by atoms with Crippen molar-refractivity contribution < 1.29 is 0 Å². The molecule has 0 saturated heterocycles. The van der Waals surface area contributed by atoms with Crippen LogP contribution in [0.25, 0.3) is 4.96 Å². The van der Waals surface area contributed by atoms with Gasteiger partial charge < -0.3 is 0 Å². The Hall–Kier alpha value is -0.350. The number of halogens is 1. The standard InChI is InChI=1S/C5H3BrN2S/c6-4-3-7-5-8(4)1-2-9-5/h1-3H. The molecule has 0 bridgehead atoms. The van der Waals surface area contributed by atoms with E-state index in [9.17, 15) is 0 Å². The fourth-order valence-corrected chi connectivity index (χ4v) is 1.90. The van der Waals surface area contributed by atoms with Gasteiger partial charge in [0.25, 0.3) is 0 Å². The summed E-state index contributed by atoms with van der Waals surface area (Å²) in [5.74, 6) is 0. The van der Waals surface area contributed by atoms with Gasteiger partial charge in [0.05, 0.1) is 6.20 Å². The van der Waals surface area contributed by atoms with Crippen molar-refractivity contribution >= 4 is 32.2 Å². The summed E-state index contributed by atoms with van der Waals surface area (Å²) in [7, 11) is 0. The fourth-order valence-electron chi connectivity index (χ4n) is 0.699. The van der Waals surface area contributed by atoms with Gasteiger partial charge in [-0.2, -0.15) is 0 Å². The van der Waals surface area contributed by atoms with Gasteiger partial charge in [0.15, 0.2) is 4.96 Å². The lowest BCUT2D eigenvalue weighted by Crippen LogP contribution is -1.71. The maximum absolute atomic E-state index is 4.11. The van der Waals surface area contributed by atoms with Crippen LogP contribution in [0.5, 0.6) is 0 Å². The van der Waals surface area contributed by atoms with Crippen molar-refractivity contribution in [3.63, 3.8) is 0 Å². The van der Waals surface area contributed by atoms with Crippen molar-refractivity contribution in [1.29, 1.82) is 0 Å². The van der Waals surface area contributed by atoms with E-state index < -0.39 is 0 Å². The number of aromatic nitrogens is 2. The zero-order valence-corrected chi connectivity index (χ0v) is 6.82. The Morgan fingerprint density at radius 1 is 1.67 bits per heavy atom. The van der Waals surface area contributed by atoms with E-state index >= 15 is 0 Å². The summed E-state index contributed by atoms with van der Waals surface area (Å²) in [6.45, 7) is 0. The van der Waals surface area contributed by atoms with E-state index in [1.54, 1.807) is 17.5 Å². The van der Waals surface area contributed by atoms with Gasteiger partial charge in [0, 0.05) is 11.6 Å². The number of hydrogen-bond acceptors (Lipinski definition) is 2. The van der Waals surface area contributed by atoms with Gasteiger partial charge in [-0.15, -0.1) is 11.3 Å². The maximum Gasteiger partial charge on any atom is 0.194 e. The lowest BCUT2D eigenvalue weighted by atomic mass is 10.9. The molecule has 0 radical (unpaired) electrons. The highest BCUT2D eigenvalue weighted by atomic mass is 79.9. The van der Waals surface area contributed by atoms with Crippen molar-refractivity contribution in [3.8, 4) is 0 Å². The van der Waals surface area contributed by atoms with Crippen LogP contribution in [0.2, 0.25) is 0 Å². The predicted molar refractivity (Wildman–Crippen MR) is 40.8 cm³/mol. The summed E-state index contributed by atoms with van der Waals surface area (Å²) >= 11 is 4.98. The first-order chi connectivity index (χ1) is 4.38. The topological polar surface area (TPSA) is 17.3 Å². The highest BCUT2D eigenvalue weighted by molar-refractivity contribution is 9.10. The van der Waals surface area contributed by atoms with Crippen LogP contribution in [0.4, 0.5) is 0 Å². The molecule has 0 unspecified atom stereocenters. The molecule has 0 amide bonds. The molecule has 2 rings (SSSR count). The minimum atomic E-state index is 1.01. The highest BCUT2D eigenvalue weighted by Gasteiger charge is 1.97. The second-order valence-corrected chi connectivity index (χ2v) is 3.32. The summed E-state index contributed by atoms with van der Waals surface area (Å²) in [6.07, 6.45) is 3.78. The number of hydrogen-bond donors (Lipinski definition) is 0. The highest BCUT2D eigenvalue weighted by Crippen LogP contribution is 2.16. The number of nitrogens with zero attached hydrogens (tertiary/aromatic N) is 2. The molecular weight excluding hydrogens is 200 g/mol. The van der Waals surface area contributed by atoms with Crippen molar-refractivity contribution in [3.05, 3.63) is 22.4 Å². The summed E-state index contributed by atoms with van der Waals surface area (Å²) in [4.78, 5) is 5.14. The molecule has 2 nitrogen and oxygen atoms in total. The van der Waals surface area contributed by atoms with E-state index in [2.05, 4.69) is 20.9 Å². The second-order valence-electron chi connectivity index (χ2n) is 1.64.